The van der Waals surface area contributed by atoms with E-state index in [0.29, 0.717) is 39.0 Å². The van der Waals surface area contributed by atoms with Gasteiger partial charge >= 0.3 is 11.9 Å². The van der Waals surface area contributed by atoms with Crippen molar-refractivity contribution in [3.05, 3.63) is 87.1 Å². The van der Waals surface area contributed by atoms with Crippen LogP contribution in [0.3, 0.4) is 0 Å². The van der Waals surface area contributed by atoms with E-state index in [1.807, 2.05) is 42.5 Å². The Morgan fingerprint density at radius 2 is 1.74 bits per heavy atom. The van der Waals surface area contributed by atoms with Gasteiger partial charge in [0.25, 0.3) is 0 Å². The number of esters is 2. The molecule has 178 valence electrons. The van der Waals surface area contributed by atoms with Crippen LogP contribution in [0.25, 0.3) is 22.2 Å². The standard InChI is InChI=1S/C27H23BrN2O5/c1-4-34-27(33)24-15(2)25(29-16(24)3)23(31)14-35-26(32)20-13-22(17-8-7-9-18(28)12-17)30-21-11-6-5-10-19(20)21/h5-13,29H,4,14H2,1-3H3. The van der Waals surface area contributed by atoms with Gasteiger partial charge in [0.05, 0.1) is 34.6 Å². The van der Waals surface area contributed by atoms with Crippen LogP contribution in [0.1, 0.15) is 49.4 Å². The lowest BCUT2D eigenvalue weighted by Crippen LogP contribution is -2.16. The van der Waals surface area contributed by atoms with Crippen LogP contribution in [-0.2, 0) is 9.47 Å². The van der Waals surface area contributed by atoms with E-state index < -0.39 is 24.3 Å². The van der Waals surface area contributed by atoms with Crippen molar-refractivity contribution < 1.29 is 23.9 Å². The number of benzene rings is 2. The summed E-state index contributed by atoms with van der Waals surface area (Å²) >= 11 is 3.46. The number of aromatic nitrogens is 2. The Morgan fingerprint density at radius 3 is 2.49 bits per heavy atom. The van der Waals surface area contributed by atoms with Gasteiger partial charge in [0, 0.05) is 21.1 Å². The maximum Gasteiger partial charge on any atom is 0.340 e. The number of hydrogen-bond acceptors (Lipinski definition) is 6. The Balaban J connectivity index is 1.61. The molecule has 0 unspecified atom stereocenters. The summed E-state index contributed by atoms with van der Waals surface area (Å²) in [4.78, 5) is 45.8. The average Bonchev–Trinajstić information content (AvgIpc) is 3.15. The molecule has 35 heavy (non-hydrogen) atoms. The number of fused-ring (bicyclic) bond motifs is 1. The first-order valence-electron chi connectivity index (χ1n) is 11.0. The van der Waals surface area contributed by atoms with Gasteiger partial charge in [0.2, 0.25) is 5.78 Å². The maximum atomic E-state index is 13.1. The average molecular weight is 535 g/mol. The second kappa shape index (κ2) is 10.2. The molecular formula is C27H23BrN2O5. The van der Waals surface area contributed by atoms with E-state index in [-0.39, 0.29) is 12.3 Å². The molecule has 0 aliphatic carbocycles. The number of nitrogens with one attached hydrogen (secondary N) is 1. The third-order valence-electron chi connectivity index (χ3n) is 5.59. The van der Waals surface area contributed by atoms with E-state index >= 15 is 0 Å². The molecule has 7 nitrogen and oxygen atoms in total. The number of aryl methyl sites for hydroxylation is 1. The Labute approximate surface area is 210 Å². The summed E-state index contributed by atoms with van der Waals surface area (Å²) < 4.78 is 11.4. The summed E-state index contributed by atoms with van der Waals surface area (Å²) in [6.07, 6.45) is 0. The highest BCUT2D eigenvalue weighted by Crippen LogP contribution is 2.27. The van der Waals surface area contributed by atoms with E-state index in [9.17, 15) is 14.4 Å². The first-order chi connectivity index (χ1) is 16.8. The molecule has 0 radical (unpaired) electrons. The van der Waals surface area contributed by atoms with Crippen LogP contribution in [0.2, 0.25) is 0 Å². The zero-order valence-electron chi connectivity index (χ0n) is 19.5. The first kappa shape index (κ1) is 24.3. The highest BCUT2D eigenvalue weighted by atomic mass is 79.9. The minimum absolute atomic E-state index is 0.216. The molecule has 0 saturated heterocycles. The fourth-order valence-electron chi connectivity index (χ4n) is 3.96. The zero-order chi connectivity index (χ0) is 25.1. The number of carbonyl (C=O) groups excluding carboxylic acids is 3. The van der Waals surface area contributed by atoms with Gasteiger partial charge in [-0.1, -0.05) is 46.3 Å². The van der Waals surface area contributed by atoms with Gasteiger partial charge in [-0.25, -0.2) is 14.6 Å². The number of halogens is 1. The Hall–Kier alpha value is -3.78. The number of H-pyrrole nitrogens is 1. The molecule has 4 rings (SSSR count). The van der Waals surface area contributed by atoms with Crippen LogP contribution in [0.5, 0.6) is 0 Å². The highest BCUT2D eigenvalue weighted by molar-refractivity contribution is 9.10. The minimum Gasteiger partial charge on any atom is -0.462 e. The van der Waals surface area contributed by atoms with Crippen molar-refractivity contribution in [2.75, 3.05) is 13.2 Å². The number of ketones is 1. The number of ether oxygens (including phenoxy) is 2. The highest BCUT2D eigenvalue weighted by Gasteiger charge is 2.24. The Kier molecular flexibility index (Phi) is 7.12. The van der Waals surface area contributed by atoms with Crippen LogP contribution in [-0.4, -0.2) is 40.9 Å². The maximum absolute atomic E-state index is 13.1. The number of aromatic amines is 1. The molecular weight excluding hydrogens is 512 g/mol. The quantitative estimate of drug-likeness (QED) is 0.236. The molecule has 0 spiro atoms. The van der Waals surface area contributed by atoms with Gasteiger partial charge in [-0.15, -0.1) is 0 Å². The number of Topliss-reactive ketones (excluding diaryl/α,β-unsaturated/α-hetero) is 1. The molecule has 2 aromatic heterocycles. The van der Waals surface area contributed by atoms with Crippen LogP contribution in [0.15, 0.2) is 59.1 Å². The molecule has 0 bridgehead atoms. The third kappa shape index (κ3) is 5.02. The molecule has 2 aromatic carbocycles. The van der Waals surface area contributed by atoms with E-state index in [2.05, 4.69) is 25.9 Å². The fourth-order valence-corrected chi connectivity index (χ4v) is 4.36. The summed E-state index contributed by atoms with van der Waals surface area (Å²) in [7, 11) is 0. The third-order valence-corrected chi connectivity index (χ3v) is 6.08. The predicted molar refractivity (Wildman–Crippen MR) is 136 cm³/mol. The van der Waals surface area contributed by atoms with Gasteiger partial charge < -0.3 is 14.5 Å². The van der Waals surface area contributed by atoms with Crippen LogP contribution in [0, 0.1) is 13.8 Å². The molecule has 0 aliphatic rings. The zero-order valence-corrected chi connectivity index (χ0v) is 21.1. The van der Waals surface area contributed by atoms with Gasteiger partial charge in [0.15, 0.2) is 6.61 Å². The number of para-hydroxylation sites is 1. The smallest absolute Gasteiger partial charge is 0.340 e. The van der Waals surface area contributed by atoms with Gasteiger partial charge in [-0.3, -0.25) is 4.79 Å². The normalized spacial score (nSPS) is 10.9. The Bertz CT molecular complexity index is 1460. The number of carbonyl (C=O) groups is 3. The number of nitrogens with zero attached hydrogens (tertiary/aromatic N) is 1. The van der Waals surface area contributed by atoms with Crippen molar-refractivity contribution in [2.24, 2.45) is 0 Å². The Morgan fingerprint density at radius 1 is 0.971 bits per heavy atom. The SMILES string of the molecule is CCOC(=O)c1c(C)[nH]c(C(=O)COC(=O)c2cc(-c3cccc(Br)c3)nc3ccccc23)c1C. The first-order valence-corrected chi connectivity index (χ1v) is 11.8. The molecule has 8 heteroatoms. The van der Waals surface area contributed by atoms with E-state index in [4.69, 9.17) is 9.47 Å². The molecule has 1 N–H and O–H groups in total. The fraction of sp³-hybridized carbons (Fsp3) is 0.185. The van der Waals surface area contributed by atoms with Crippen molar-refractivity contribution in [1.82, 2.24) is 9.97 Å². The van der Waals surface area contributed by atoms with Gasteiger partial charge in [-0.2, -0.15) is 0 Å². The molecule has 0 atom stereocenters. The molecule has 0 amide bonds. The summed E-state index contributed by atoms with van der Waals surface area (Å²) in [5.74, 6) is -1.59. The van der Waals surface area contributed by atoms with Crippen molar-refractivity contribution in [1.29, 1.82) is 0 Å². The lowest BCUT2D eigenvalue weighted by Gasteiger charge is -2.10. The van der Waals surface area contributed by atoms with Crippen molar-refractivity contribution in [3.63, 3.8) is 0 Å². The van der Waals surface area contributed by atoms with Crippen LogP contribution >= 0.6 is 15.9 Å². The van der Waals surface area contributed by atoms with E-state index in [1.165, 1.54) is 0 Å². The number of pyridine rings is 1. The number of rotatable bonds is 7. The minimum atomic E-state index is -0.639. The summed E-state index contributed by atoms with van der Waals surface area (Å²) in [6.45, 7) is 4.81. The second-order valence-electron chi connectivity index (χ2n) is 7.93. The predicted octanol–water partition coefficient (Wildman–Crippen LogP) is 5.83. The monoisotopic (exact) mass is 534 g/mol. The van der Waals surface area contributed by atoms with E-state index in [1.54, 1.807) is 32.9 Å². The molecule has 4 aromatic rings. The molecule has 0 saturated carbocycles. The van der Waals surface area contributed by atoms with Crippen LogP contribution in [0.4, 0.5) is 0 Å². The summed E-state index contributed by atoms with van der Waals surface area (Å²) in [6, 6.07) is 16.5. The molecule has 2 heterocycles. The molecule has 0 fully saturated rings. The lowest BCUT2D eigenvalue weighted by molar-refractivity contribution is 0.0474. The summed E-state index contributed by atoms with van der Waals surface area (Å²) in [5, 5.41) is 0.625. The topological polar surface area (TPSA) is 98.4 Å². The van der Waals surface area contributed by atoms with Crippen molar-refractivity contribution >= 4 is 44.6 Å². The number of hydrogen-bond donors (Lipinski definition) is 1. The lowest BCUT2D eigenvalue weighted by atomic mass is 10.0. The van der Waals surface area contributed by atoms with E-state index in [0.717, 1.165) is 10.0 Å². The van der Waals surface area contributed by atoms with Gasteiger partial charge in [0.1, 0.15) is 0 Å². The van der Waals surface area contributed by atoms with Crippen molar-refractivity contribution in [3.8, 4) is 11.3 Å². The second-order valence-corrected chi connectivity index (χ2v) is 8.84. The summed E-state index contributed by atoms with van der Waals surface area (Å²) in [5.41, 5.74) is 3.91. The van der Waals surface area contributed by atoms with Crippen molar-refractivity contribution in [2.45, 2.75) is 20.8 Å². The molecule has 0 aliphatic heterocycles. The largest absolute Gasteiger partial charge is 0.462 e. The van der Waals surface area contributed by atoms with Gasteiger partial charge in [-0.05, 0) is 50.6 Å². The van der Waals surface area contributed by atoms with Crippen LogP contribution < -0.4 is 0 Å².